The molecule has 1 N–H and O–H groups in total. The number of carbonyl (C=O) groups excluding carboxylic acids is 2. The molecule has 3 aliphatic carbocycles. The lowest BCUT2D eigenvalue weighted by Gasteiger charge is -2.59. The summed E-state index contributed by atoms with van der Waals surface area (Å²) in [5.41, 5.74) is -1.97. The molecule has 0 unspecified atom stereocenters. The summed E-state index contributed by atoms with van der Waals surface area (Å²) in [5, 5.41) is 13.5. The molecule has 4 aromatic carbocycles. The van der Waals surface area contributed by atoms with Crippen molar-refractivity contribution in [2.24, 2.45) is 28.6 Å². The van der Waals surface area contributed by atoms with Crippen LogP contribution in [0.1, 0.15) is 94.3 Å². The van der Waals surface area contributed by atoms with Gasteiger partial charge in [0.2, 0.25) is 0 Å². The number of benzene rings is 4. The van der Waals surface area contributed by atoms with E-state index in [2.05, 4.69) is 47.7 Å². The lowest BCUT2D eigenvalue weighted by molar-refractivity contribution is -0.276. The fraction of sp³-hybridized carbons (Fsp3) is 0.544. The van der Waals surface area contributed by atoms with Crippen LogP contribution in [0.15, 0.2) is 109 Å². The molecule has 9 atom stereocenters. The van der Waals surface area contributed by atoms with E-state index < -0.39 is 66.5 Å². The average molecular weight is 965 g/mol. The number of carbonyl (C=O) groups is 2. The Labute approximate surface area is 411 Å². The third-order valence-electron chi connectivity index (χ3n) is 16.7. The van der Waals surface area contributed by atoms with Crippen molar-refractivity contribution >= 4 is 20.1 Å². The van der Waals surface area contributed by atoms with E-state index in [9.17, 15) is 9.90 Å². The number of ether oxygens (including phenoxy) is 7. The molecule has 11 nitrogen and oxygen atoms in total. The maximum atomic E-state index is 16.6. The van der Waals surface area contributed by atoms with E-state index in [1.165, 1.54) is 0 Å². The first kappa shape index (κ1) is 52.4. The number of methoxy groups -OCH3 is 3. The third kappa shape index (κ3) is 10.5. The molecule has 0 radical (unpaired) electrons. The molecule has 7 rings (SSSR count). The third-order valence-corrected chi connectivity index (χ3v) is 21.2. The Hall–Kier alpha value is -4.40. The molecular weight excluding hydrogens is 889 g/mol. The Morgan fingerprint density at radius 1 is 0.725 bits per heavy atom. The number of fused-ring (bicyclic) bond motifs is 3. The molecular formula is C57H76O11Si. The van der Waals surface area contributed by atoms with E-state index >= 15 is 4.79 Å². The molecule has 0 spiro atoms. The first-order valence-corrected chi connectivity index (χ1v) is 27.5. The van der Waals surface area contributed by atoms with Gasteiger partial charge >= 0.3 is 5.97 Å². The van der Waals surface area contributed by atoms with Crippen molar-refractivity contribution in [3.8, 4) is 11.5 Å². The van der Waals surface area contributed by atoms with Crippen LogP contribution in [-0.2, 0) is 52.7 Å². The monoisotopic (exact) mass is 965 g/mol. The highest BCUT2D eigenvalue weighted by Crippen LogP contribution is 2.63. The normalized spacial score (nSPS) is 29.0. The fourth-order valence-electron chi connectivity index (χ4n) is 11.4. The van der Waals surface area contributed by atoms with Gasteiger partial charge in [-0.25, -0.2) is 4.79 Å². The Kier molecular flexibility index (Phi) is 16.1. The van der Waals surface area contributed by atoms with Crippen molar-refractivity contribution in [1.29, 1.82) is 0 Å². The molecule has 0 saturated heterocycles. The number of rotatable bonds is 18. The van der Waals surface area contributed by atoms with Gasteiger partial charge in [0.05, 0.1) is 76.0 Å². The maximum absolute atomic E-state index is 16.6. The Bertz CT molecular complexity index is 2310. The van der Waals surface area contributed by atoms with E-state index in [4.69, 9.17) is 37.6 Å². The number of ketones is 1. The van der Waals surface area contributed by atoms with Crippen LogP contribution in [-0.4, -0.2) is 89.2 Å². The standard InChI is InChI=1S/C57H76O11Si/c1-53(2,3)69(10,11)68-50-32-47-55(6,51(58)45(37-61-7)46-30-31-57(50,60)54(46,4)5)48(67-52(59)42-20-16-13-17-21-42)33-49(65-35-41-24-28-44(63-9)29-25-41)56(47,66-36-39-18-14-12-15-19-39)38-64-34-40-22-26-43(62-8)27-23-40/h12-29,45-50,60H,30-38H2,1-11H3/t45-,46-,47-,48-,49+,50-,55-,56+,57+/m0/s1. The molecule has 0 heterocycles. The summed E-state index contributed by atoms with van der Waals surface area (Å²) >= 11 is 0. The molecule has 0 aliphatic heterocycles. The van der Waals surface area contributed by atoms with Crippen LogP contribution < -0.4 is 9.47 Å². The minimum atomic E-state index is -2.67. The molecule has 3 aliphatic rings. The van der Waals surface area contributed by atoms with Gasteiger partial charge in [0, 0.05) is 25.4 Å². The molecule has 12 heteroatoms. The lowest BCUT2D eigenvalue weighted by Crippen LogP contribution is -2.71. The minimum absolute atomic E-state index is 0.0148. The van der Waals surface area contributed by atoms with Gasteiger partial charge in [-0.1, -0.05) is 107 Å². The minimum Gasteiger partial charge on any atom is -0.497 e. The quantitative estimate of drug-likeness (QED) is 0.0756. The zero-order chi connectivity index (χ0) is 49.8. The fourth-order valence-corrected chi connectivity index (χ4v) is 12.8. The number of Topliss-reactive ketones (excluding diaryl/α,β-unsaturated/α-hetero) is 1. The summed E-state index contributed by atoms with van der Waals surface area (Å²) < 4.78 is 53.2. The van der Waals surface area contributed by atoms with Crippen molar-refractivity contribution < 1.29 is 52.3 Å². The van der Waals surface area contributed by atoms with Crippen LogP contribution in [0.2, 0.25) is 18.1 Å². The van der Waals surface area contributed by atoms with E-state index in [1.807, 2.05) is 91.9 Å². The largest absolute Gasteiger partial charge is 0.497 e. The predicted octanol–water partition coefficient (Wildman–Crippen LogP) is 10.8. The Morgan fingerprint density at radius 2 is 1.29 bits per heavy atom. The van der Waals surface area contributed by atoms with Gasteiger partial charge in [-0.3, -0.25) is 4.79 Å². The SMILES string of the molecule is COC[C@@H]1C(=O)[C@]2(C)[C@@H](OC(=O)c3ccccc3)C[C@@H](OCc3ccc(OC)cc3)[C@](COCc3ccc(OC)cc3)(OCc3ccccc3)[C@H]2C[C@H](O[Si](C)(C)C(C)(C)C)[C@]2(O)CC[C@@H]1C2(C)C. The van der Waals surface area contributed by atoms with E-state index in [0.29, 0.717) is 24.2 Å². The van der Waals surface area contributed by atoms with Crippen molar-refractivity contribution in [2.45, 2.75) is 135 Å². The molecule has 69 heavy (non-hydrogen) atoms. The van der Waals surface area contributed by atoms with Gasteiger partial charge in [-0.15, -0.1) is 0 Å². The summed E-state index contributed by atoms with van der Waals surface area (Å²) in [4.78, 5) is 31.1. The predicted molar refractivity (Wildman–Crippen MR) is 269 cm³/mol. The molecule has 0 amide bonds. The molecule has 3 saturated carbocycles. The second kappa shape index (κ2) is 21.1. The molecule has 3 fully saturated rings. The van der Waals surface area contributed by atoms with E-state index in [-0.39, 0.29) is 62.6 Å². The number of hydrogen-bond donors (Lipinski definition) is 1. The summed E-state index contributed by atoms with van der Waals surface area (Å²) in [5.74, 6) is -1.01. The number of hydrogen-bond acceptors (Lipinski definition) is 11. The van der Waals surface area contributed by atoms with Gasteiger partial charge in [0.25, 0.3) is 0 Å². The summed E-state index contributed by atoms with van der Waals surface area (Å²) in [6.07, 6.45) is -1.33. The zero-order valence-electron chi connectivity index (χ0n) is 42.8. The van der Waals surface area contributed by atoms with Crippen molar-refractivity contribution in [3.63, 3.8) is 0 Å². The van der Waals surface area contributed by atoms with Gasteiger partial charge in [0.1, 0.15) is 29.0 Å². The second-order valence-corrected chi connectivity index (χ2v) is 26.6. The summed E-state index contributed by atoms with van der Waals surface area (Å²) in [6, 6.07) is 34.3. The second-order valence-electron chi connectivity index (χ2n) is 21.9. The lowest BCUT2D eigenvalue weighted by atomic mass is 9.52. The first-order chi connectivity index (χ1) is 32.7. The Balaban J connectivity index is 1.49. The molecule has 0 aromatic heterocycles. The number of aliphatic hydroxyl groups is 1. The van der Waals surface area contributed by atoms with Crippen LogP contribution in [0.5, 0.6) is 11.5 Å². The molecule has 2 bridgehead atoms. The van der Waals surface area contributed by atoms with Gasteiger partial charge in [-0.2, -0.15) is 0 Å². The Morgan fingerprint density at radius 3 is 1.86 bits per heavy atom. The molecule has 374 valence electrons. The van der Waals surface area contributed by atoms with Crippen LogP contribution >= 0.6 is 0 Å². The number of esters is 1. The summed E-state index contributed by atoms with van der Waals surface area (Å²) in [7, 11) is 2.22. The van der Waals surface area contributed by atoms with Crippen LogP contribution in [0, 0.1) is 28.6 Å². The van der Waals surface area contributed by atoms with Crippen LogP contribution in [0.25, 0.3) is 0 Å². The summed E-state index contributed by atoms with van der Waals surface area (Å²) in [6.45, 7) is 17.8. The highest BCUT2D eigenvalue weighted by Gasteiger charge is 2.72. The van der Waals surface area contributed by atoms with Gasteiger partial charge < -0.3 is 42.7 Å². The van der Waals surface area contributed by atoms with Crippen molar-refractivity contribution in [1.82, 2.24) is 0 Å². The van der Waals surface area contributed by atoms with E-state index in [1.54, 1.807) is 45.6 Å². The maximum Gasteiger partial charge on any atom is 0.338 e. The molecule has 4 aromatic rings. The van der Waals surface area contributed by atoms with Crippen molar-refractivity contribution in [3.05, 3.63) is 131 Å². The van der Waals surface area contributed by atoms with E-state index in [0.717, 1.165) is 22.4 Å². The topological polar surface area (TPSA) is 128 Å². The average Bonchev–Trinajstić information content (AvgIpc) is 3.59. The first-order valence-electron chi connectivity index (χ1n) is 24.6. The smallest absolute Gasteiger partial charge is 0.338 e. The van der Waals surface area contributed by atoms with Crippen LogP contribution in [0.4, 0.5) is 0 Å². The van der Waals surface area contributed by atoms with Crippen molar-refractivity contribution in [2.75, 3.05) is 34.5 Å². The van der Waals surface area contributed by atoms with Gasteiger partial charge in [0.15, 0.2) is 8.32 Å². The highest BCUT2D eigenvalue weighted by atomic mass is 28.4. The van der Waals surface area contributed by atoms with Gasteiger partial charge in [-0.05, 0) is 109 Å². The van der Waals surface area contributed by atoms with Crippen LogP contribution in [0.3, 0.4) is 0 Å². The zero-order valence-corrected chi connectivity index (χ0v) is 43.8. The highest BCUT2D eigenvalue weighted by molar-refractivity contribution is 6.74.